The molecular formula is C5H11PS. The van der Waals surface area contributed by atoms with Crippen molar-refractivity contribution in [1.82, 2.24) is 0 Å². The molecule has 1 rings (SSSR count). The first-order chi connectivity index (χ1) is 3.21. The minimum atomic E-state index is -1.03. The molecule has 0 aromatic heterocycles. The van der Waals surface area contributed by atoms with Crippen molar-refractivity contribution >= 4 is 18.7 Å². The maximum absolute atomic E-state index is 4.50. The van der Waals surface area contributed by atoms with E-state index in [0.717, 1.165) is 0 Å². The fourth-order valence-corrected chi connectivity index (χ4v) is 3.09. The third-order valence-corrected chi connectivity index (χ3v) is 4.67. The van der Waals surface area contributed by atoms with Gasteiger partial charge in [-0.2, -0.15) is 0 Å². The molecule has 7 heavy (non-hydrogen) atoms. The van der Waals surface area contributed by atoms with E-state index in [2.05, 4.69) is 30.8 Å². The van der Waals surface area contributed by atoms with Gasteiger partial charge in [0.05, 0.1) is 0 Å². The average Bonchev–Trinajstić information content (AvgIpc) is 1.84. The van der Waals surface area contributed by atoms with E-state index in [1.54, 1.807) is 0 Å². The Labute approximate surface area is 50.5 Å². The van der Waals surface area contributed by atoms with Crippen molar-refractivity contribution in [2.75, 3.05) is 12.8 Å². The summed E-state index contributed by atoms with van der Waals surface area (Å²) < 4.78 is 0. The summed E-state index contributed by atoms with van der Waals surface area (Å²) in [5.41, 5.74) is 0. The van der Waals surface area contributed by atoms with E-state index in [0.29, 0.717) is 0 Å². The summed E-state index contributed by atoms with van der Waals surface area (Å²) >= 11 is 4.50. The summed E-state index contributed by atoms with van der Waals surface area (Å²) in [6.45, 7) is 1.25. The minimum absolute atomic E-state index is 1.03. The van der Waals surface area contributed by atoms with Gasteiger partial charge in [0, 0.05) is 0 Å². The van der Waals surface area contributed by atoms with Crippen molar-refractivity contribution in [2.24, 2.45) is 0 Å². The van der Waals surface area contributed by atoms with Crippen LogP contribution in [0.15, 0.2) is 11.9 Å². The molecule has 0 unspecified atom stereocenters. The Morgan fingerprint density at radius 1 is 1.71 bits per heavy atom. The molecule has 0 atom stereocenters. The Morgan fingerprint density at radius 3 is 2.57 bits per heavy atom. The third kappa shape index (κ3) is 1.47. The number of thiol groups is 1. The van der Waals surface area contributed by atoms with Gasteiger partial charge >= 0.3 is 49.9 Å². The van der Waals surface area contributed by atoms with Crippen LogP contribution >= 0.6 is 18.7 Å². The summed E-state index contributed by atoms with van der Waals surface area (Å²) in [6.07, 6.45) is 4.86. The van der Waals surface area contributed by atoms with Crippen molar-refractivity contribution in [2.45, 2.75) is 6.42 Å². The molecule has 0 spiro atoms. The SMILES string of the molecule is C[PH]1(S)C=CCC1. The summed E-state index contributed by atoms with van der Waals surface area (Å²) in [7, 11) is 0. The first-order valence-corrected chi connectivity index (χ1v) is 6.68. The van der Waals surface area contributed by atoms with Crippen LogP contribution in [0.5, 0.6) is 0 Å². The van der Waals surface area contributed by atoms with Crippen LogP contribution in [0.25, 0.3) is 0 Å². The molecule has 0 aromatic rings. The van der Waals surface area contributed by atoms with Crippen LogP contribution in [0.2, 0.25) is 0 Å². The molecule has 0 nitrogen and oxygen atoms in total. The van der Waals surface area contributed by atoms with Crippen LogP contribution in [0.4, 0.5) is 0 Å². The molecule has 42 valence electrons. The molecule has 0 amide bonds. The quantitative estimate of drug-likeness (QED) is 0.381. The summed E-state index contributed by atoms with van der Waals surface area (Å²) in [5.74, 6) is 2.30. The molecule has 1 aliphatic heterocycles. The first kappa shape index (κ1) is 5.65. The number of allylic oxidation sites excluding steroid dienone is 1. The molecule has 0 N–H and O–H groups in total. The monoisotopic (exact) mass is 134 g/mol. The Bertz CT molecular complexity index is 96.3. The van der Waals surface area contributed by atoms with Gasteiger partial charge in [0.25, 0.3) is 0 Å². The zero-order chi connectivity index (χ0) is 5.33. The Kier molecular flexibility index (Phi) is 1.45. The summed E-state index contributed by atoms with van der Waals surface area (Å²) in [4.78, 5) is 0. The summed E-state index contributed by atoms with van der Waals surface area (Å²) in [5, 5.41) is 0. The number of hydrogen-bond donors (Lipinski definition) is 1. The van der Waals surface area contributed by atoms with Crippen molar-refractivity contribution in [3.05, 3.63) is 11.9 Å². The molecule has 1 heterocycles. The van der Waals surface area contributed by atoms with Crippen LogP contribution in [0.3, 0.4) is 0 Å². The molecule has 0 fully saturated rings. The molecule has 0 saturated carbocycles. The molecule has 2 heteroatoms. The normalized spacial score (nSPS) is 30.6. The van der Waals surface area contributed by atoms with Gasteiger partial charge < -0.3 is 0 Å². The van der Waals surface area contributed by atoms with E-state index in [-0.39, 0.29) is 0 Å². The van der Waals surface area contributed by atoms with E-state index >= 15 is 0 Å². The van der Waals surface area contributed by atoms with E-state index in [1.165, 1.54) is 12.6 Å². The van der Waals surface area contributed by atoms with Crippen LogP contribution in [-0.2, 0) is 0 Å². The van der Waals surface area contributed by atoms with Gasteiger partial charge in [-0.3, -0.25) is 0 Å². The molecular weight excluding hydrogens is 123 g/mol. The van der Waals surface area contributed by atoms with Crippen molar-refractivity contribution in [3.8, 4) is 0 Å². The molecule has 0 aliphatic carbocycles. The summed E-state index contributed by atoms with van der Waals surface area (Å²) in [6, 6.07) is 0. The van der Waals surface area contributed by atoms with E-state index in [4.69, 9.17) is 0 Å². The third-order valence-electron chi connectivity index (χ3n) is 1.29. The standard InChI is InChI=1S/C5H11PS/c1-6(7)4-2-3-5-6/h2,4,6-7H,3,5H2,1H3. The van der Waals surface area contributed by atoms with E-state index in [9.17, 15) is 0 Å². The van der Waals surface area contributed by atoms with Crippen LogP contribution < -0.4 is 0 Å². The average molecular weight is 134 g/mol. The van der Waals surface area contributed by atoms with Gasteiger partial charge in [0.1, 0.15) is 0 Å². The van der Waals surface area contributed by atoms with Gasteiger partial charge in [-0.05, 0) is 0 Å². The number of hydrogen-bond acceptors (Lipinski definition) is 1. The van der Waals surface area contributed by atoms with Crippen molar-refractivity contribution in [1.29, 1.82) is 0 Å². The molecule has 0 aromatic carbocycles. The Hall–Kier alpha value is 0.520. The Balaban J connectivity index is 2.57. The fraction of sp³-hybridized carbons (Fsp3) is 0.600. The second-order valence-electron chi connectivity index (χ2n) is 2.30. The Morgan fingerprint density at radius 2 is 2.43 bits per heavy atom. The molecule has 0 saturated heterocycles. The van der Waals surface area contributed by atoms with Gasteiger partial charge in [0.2, 0.25) is 0 Å². The van der Waals surface area contributed by atoms with E-state index < -0.39 is 6.46 Å². The van der Waals surface area contributed by atoms with Gasteiger partial charge in [0.15, 0.2) is 0 Å². The topological polar surface area (TPSA) is 0 Å². The van der Waals surface area contributed by atoms with Crippen molar-refractivity contribution in [3.63, 3.8) is 0 Å². The number of rotatable bonds is 0. The predicted octanol–water partition coefficient (Wildman–Crippen LogP) is 2.13. The second-order valence-corrected chi connectivity index (χ2v) is 8.91. The predicted molar refractivity (Wildman–Crippen MR) is 41.8 cm³/mol. The van der Waals surface area contributed by atoms with Crippen LogP contribution in [0, 0.1) is 0 Å². The van der Waals surface area contributed by atoms with Crippen LogP contribution in [-0.4, -0.2) is 12.8 Å². The maximum atomic E-state index is 4.50. The molecule has 1 aliphatic rings. The van der Waals surface area contributed by atoms with Crippen molar-refractivity contribution < 1.29 is 0 Å². The zero-order valence-electron chi connectivity index (χ0n) is 4.52. The first-order valence-electron chi connectivity index (χ1n) is 2.61. The van der Waals surface area contributed by atoms with Gasteiger partial charge in [-0.1, -0.05) is 0 Å². The molecule has 0 radical (unpaired) electrons. The van der Waals surface area contributed by atoms with E-state index in [1.807, 2.05) is 0 Å². The molecule has 0 bridgehead atoms. The van der Waals surface area contributed by atoms with Gasteiger partial charge in [-0.15, -0.1) is 0 Å². The van der Waals surface area contributed by atoms with Gasteiger partial charge in [-0.25, -0.2) is 0 Å². The zero-order valence-corrected chi connectivity index (χ0v) is 6.41. The fourth-order valence-electron chi connectivity index (χ4n) is 0.796. The van der Waals surface area contributed by atoms with Crippen LogP contribution in [0.1, 0.15) is 6.42 Å². The second kappa shape index (κ2) is 1.80.